The van der Waals surface area contributed by atoms with Gasteiger partial charge in [0.1, 0.15) is 5.82 Å². The molecule has 1 aromatic heterocycles. The monoisotopic (exact) mass is 249 g/mol. The van der Waals surface area contributed by atoms with Gasteiger partial charge in [-0.15, -0.1) is 0 Å². The van der Waals surface area contributed by atoms with Crippen molar-refractivity contribution in [1.29, 1.82) is 0 Å². The summed E-state index contributed by atoms with van der Waals surface area (Å²) in [6.07, 6.45) is 3.80. The molecule has 0 bridgehead atoms. The maximum atomic E-state index is 11.8. The molecule has 2 saturated heterocycles. The van der Waals surface area contributed by atoms with Gasteiger partial charge in [-0.25, -0.2) is 9.78 Å². The molecule has 98 valence electrons. The van der Waals surface area contributed by atoms with E-state index in [1.165, 1.54) is 0 Å². The van der Waals surface area contributed by atoms with Crippen LogP contribution in [-0.4, -0.2) is 69.6 Å². The Labute approximate surface area is 107 Å². The molecule has 1 unspecified atom stereocenters. The molecule has 0 aromatic carbocycles. The molecule has 3 heterocycles. The summed E-state index contributed by atoms with van der Waals surface area (Å²) in [5.41, 5.74) is 0. The molecule has 3 rings (SSSR count). The smallest absolute Gasteiger partial charge is 0.320 e. The van der Waals surface area contributed by atoms with E-state index in [0.717, 1.165) is 38.5 Å². The molecule has 0 aliphatic carbocycles. The zero-order valence-corrected chi connectivity index (χ0v) is 10.9. The number of carbonyl (C=O) groups is 1. The minimum atomic E-state index is 0.177. The van der Waals surface area contributed by atoms with Crippen molar-refractivity contribution in [2.24, 2.45) is 7.05 Å². The summed E-state index contributed by atoms with van der Waals surface area (Å²) in [5.74, 6) is 1.08. The third-order valence-corrected chi connectivity index (χ3v) is 3.91. The van der Waals surface area contributed by atoms with Gasteiger partial charge < -0.3 is 14.4 Å². The first-order valence-corrected chi connectivity index (χ1v) is 6.35. The average molecular weight is 249 g/mol. The highest BCUT2D eigenvalue weighted by Gasteiger charge is 2.38. The summed E-state index contributed by atoms with van der Waals surface area (Å²) < 4.78 is 2.05. The maximum absolute atomic E-state index is 11.8. The molecule has 1 aromatic rings. The second-order valence-electron chi connectivity index (χ2n) is 5.20. The number of nitrogens with zero attached hydrogens (tertiary/aromatic N) is 5. The van der Waals surface area contributed by atoms with Crippen molar-refractivity contribution in [3.8, 4) is 0 Å². The van der Waals surface area contributed by atoms with E-state index in [-0.39, 0.29) is 6.03 Å². The summed E-state index contributed by atoms with van der Waals surface area (Å²) in [5, 5.41) is 0. The lowest BCUT2D eigenvalue weighted by Gasteiger charge is -2.36. The lowest BCUT2D eigenvalue weighted by molar-refractivity contribution is 0.114. The Morgan fingerprint density at radius 3 is 2.89 bits per heavy atom. The number of carbonyl (C=O) groups excluding carboxylic acids is 1. The van der Waals surface area contributed by atoms with Gasteiger partial charge in [0.25, 0.3) is 0 Å². The Balaban J connectivity index is 1.65. The number of hydrogen-bond donors (Lipinski definition) is 0. The molecule has 2 aliphatic rings. The van der Waals surface area contributed by atoms with Crippen LogP contribution in [0.15, 0.2) is 12.4 Å². The first-order chi connectivity index (χ1) is 8.65. The SMILES string of the molecule is CN1CC2CN(Cc3nccn3C)CCN2C1=O. The van der Waals surface area contributed by atoms with Gasteiger partial charge in [0.2, 0.25) is 0 Å². The second-order valence-corrected chi connectivity index (χ2v) is 5.20. The van der Waals surface area contributed by atoms with Gasteiger partial charge in [-0.05, 0) is 0 Å². The van der Waals surface area contributed by atoms with Crippen LogP contribution in [-0.2, 0) is 13.6 Å². The van der Waals surface area contributed by atoms with Crippen LogP contribution in [0.4, 0.5) is 4.79 Å². The number of amides is 2. The van der Waals surface area contributed by atoms with Crippen molar-refractivity contribution in [2.75, 3.05) is 33.2 Å². The summed E-state index contributed by atoms with van der Waals surface area (Å²) in [7, 11) is 3.90. The third-order valence-electron chi connectivity index (χ3n) is 3.91. The number of urea groups is 1. The molecule has 0 N–H and O–H groups in total. The molecule has 2 aliphatic heterocycles. The largest absolute Gasteiger partial charge is 0.337 e. The molecule has 18 heavy (non-hydrogen) atoms. The fourth-order valence-electron chi connectivity index (χ4n) is 2.83. The van der Waals surface area contributed by atoms with Crippen molar-refractivity contribution in [2.45, 2.75) is 12.6 Å². The second kappa shape index (κ2) is 4.28. The highest BCUT2D eigenvalue weighted by atomic mass is 16.2. The van der Waals surface area contributed by atoms with E-state index in [9.17, 15) is 4.79 Å². The van der Waals surface area contributed by atoms with E-state index < -0.39 is 0 Å². The molecule has 0 spiro atoms. The minimum absolute atomic E-state index is 0.177. The highest BCUT2D eigenvalue weighted by molar-refractivity contribution is 5.77. The lowest BCUT2D eigenvalue weighted by atomic mass is 10.2. The molecule has 1 atom stereocenters. The predicted molar refractivity (Wildman–Crippen MR) is 67.0 cm³/mol. The van der Waals surface area contributed by atoms with Crippen LogP contribution >= 0.6 is 0 Å². The van der Waals surface area contributed by atoms with Crippen LogP contribution in [0.5, 0.6) is 0 Å². The quantitative estimate of drug-likeness (QED) is 0.739. The maximum Gasteiger partial charge on any atom is 0.320 e. The van der Waals surface area contributed by atoms with Crippen LogP contribution in [0, 0.1) is 0 Å². The van der Waals surface area contributed by atoms with Gasteiger partial charge in [0.05, 0.1) is 12.6 Å². The zero-order valence-electron chi connectivity index (χ0n) is 10.9. The molecule has 0 saturated carbocycles. The van der Waals surface area contributed by atoms with Crippen LogP contribution in [0.25, 0.3) is 0 Å². The van der Waals surface area contributed by atoms with Gasteiger partial charge in [-0.3, -0.25) is 4.90 Å². The predicted octanol–water partition coefficient (Wildman–Crippen LogP) is -0.0283. The van der Waals surface area contributed by atoms with Gasteiger partial charge in [0.15, 0.2) is 0 Å². The first kappa shape index (κ1) is 11.5. The van der Waals surface area contributed by atoms with Crippen molar-refractivity contribution >= 4 is 6.03 Å². The number of fused-ring (bicyclic) bond motifs is 1. The molecule has 2 amide bonds. The number of aryl methyl sites for hydroxylation is 1. The number of piperazine rings is 1. The topological polar surface area (TPSA) is 44.6 Å². The minimum Gasteiger partial charge on any atom is -0.337 e. The van der Waals surface area contributed by atoms with Crippen molar-refractivity contribution in [3.05, 3.63) is 18.2 Å². The van der Waals surface area contributed by atoms with E-state index in [1.807, 2.05) is 36.3 Å². The van der Waals surface area contributed by atoms with Gasteiger partial charge in [-0.2, -0.15) is 0 Å². The Morgan fingerprint density at radius 1 is 1.33 bits per heavy atom. The zero-order chi connectivity index (χ0) is 12.7. The Bertz CT molecular complexity index is 457. The average Bonchev–Trinajstić information content (AvgIpc) is 2.86. The van der Waals surface area contributed by atoms with E-state index in [0.29, 0.717) is 6.04 Å². The summed E-state index contributed by atoms with van der Waals surface area (Å²) in [6.45, 7) is 4.42. The van der Waals surface area contributed by atoms with Gasteiger partial charge in [0, 0.05) is 52.7 Å². The van der Waals surface area contributed by atoms with E-state index >= 15 is 0 Å². The molecule has 6 heteroatoms. The highest BCUT2D eigenvalue weighted by Crippen LogP contribution is 2.20. The van der Waals surface area contributed by atoms with E-state index in [1.54, 1.807) is 0 Å². The van der Waals surface area contributed by atoms with E-state index in [4.69, 9.17) is 0 Å². The molecule has 2 fully saturated rings. The Kier molecular flexibility index (Phi) is 2.74. The van der Waals surface area contributed by atoms with Gasteiger partial charge >= 0.3 is 6.03 Å². The number of likely N-dealkylation sites (N-methyl/N-ethyl adjacent to an activating group) is 1. The fraction of sp³-hybridized carbons (Fsp3) is 0.667. The Hall–Kier alpha value is -1.56. The standard InChI is InChI=1S/C12H19N5O/c1-14-4-3-13-11(14)9-16-5-6-17-10(8-16)7-15(2)12(17)18/h3-4,10H,5-9H2,1-2H3. The van der Waals surface area contributed by atoms with Crippen molar-refractivity contribution < 1.29 is 4.79 Å². The number of rotatable bonds is 2. The Morgan fingerprint density at radius 2 is 2.17 bits per heavy atom. The normalized spacial score (nSPS) is 24.8. The van der Waals surface area contributed by atoms with E-state index in [2.05, 4.69) is 14.5 Å². The van der Waals surface area contributed by atoms with Crippen LogP contribution < -0.4 is 0 Å². The lowest BCUT2D eigenvalue weighted by Crippen LogP contribution is -2.51. The summed E-state index contributed by atoms with van der Waals surface area (Å²) >= 11 is 0. The van der Waals surface area contributed by atoms with Crippen molar-refractivity contribution in [3.63, 3.8) is 0 Å². The van der Waals surface area contributed by atoms with Crippen LogP contribution in [0.2, 0.25) is 0 Å². The number of hydrogen-bond acceptors (Lipinski definition) is 3. The molecule has 0 radical (unpaired) electrons. The van der Waals surface area contributed by atoms with Crippen molar-refractivity contribution in [1.82, 2.24) is 24.3 Å². The van der Waals surface area contributed by atoms with Gasteiger partial charge in [-0.1, -0.05) is 0 Å². The van der Waals surface area contributed by atoms with Crippen LogP contribution in [0.3, 0.4) is 0 Å². The fourth-order valence-corrected chi connectivity index (χ4v) is 2.83. The summed E-state index contributed by atoms with van der Waals surface area (Å²) in [6, 6.07) is 0.521. The third kappa shape index (κ3) is 1.86. The first-order valence-electron chi connectivity index (χ1n) is 6.35. The molecule has 6 nitrogen and oxygen atoms in total. The number of imidazole rings is 1. The number of aromatic nitrogens is 2. The molecular formula is C12H19N5O. The summed E-state index contributed by atoms with van der Waals surface area (Å²) in [4.78, 5) is 22.4. The molecular weight excluding hydrogens is 230 g/mol. The van der Waals surface area contributed by atoms with Crippen LogP contribution in [0.1, 0.15) is 5.82 Å².